The maximum absolute atomic E-state index is 12.1. The van der Waals surface area contributed by atoms with Gasteiger partial charge in [-0.05, 0) is 26.0 Å². The summed E-state index contributed by atoms with van der Waals surface area (Å²) in [6, 6.07) is 2.79. The molecule has 126 valence electrons. The van der Waals surface area contributed by atoms with Gasteiger partial charge < -0.3 is 19.0 Å². The van der Waals surface area contributed by atoms with E-state index in [1.165, 1.54) is 25.3 Å². The minimum atomic E-state index is -1.56. The van der Waals surface area contributed by atoms with Crippen LogP contribution in [-0.4, -0.2) is 35.5 Å². The summed E-state index contributed by atoms with van der Waals surface area (Å²) in [5.74, 6) is -5.74. The first-order valence-corrected chi connectivity index (χ1v) is 6.67. The zero-order valence-electron chi connectivity index (χ0n) is 12.8. The van der Waals surface area contributed by atoms with E-state index in [0.717, 1.165) is 14.0 Å². The van der Waals surface area contributed by atoms with Crippen molar-refractivity contribution in [3.63, 3.8) is 0 Å². The van der Waals surface area contributed by atoms with Crippen molar-refractivity contribution in [3.8, 4) is 0 Å². The fourth-order valence-electron chi connectivity index (χ4n) is 2.12. The molecule has 0 saturated carbocycles. The van der Waals surface area contributed by atoms with Crippen LogP contribution in [0.5, 0.6) is 0 Å². The van der Waals surface area contributed by atoms with Crippen LogP contribution >= 0.6 is 0 Å². The van der Waals surface area contributed by atoms with E-state index in [0.29, 0.717) is 0 Å². The Labute approximate surface area is 131 Å². The zero-order chi connectivity index (χ0) is 17.6. The number of hydrogen-bond acceptors (Lipinski definition) is 8. The summed E-state index contributed by atoms with van der Waals surface area (Å²) in [6.45, 7) is 2.62. The topological polar surface area (TPSA) is 129 Å². The summed E-state index contributed by atoms with van der Waals surface area (Å²) in [7, 11) is 1.02. The zero-order valence-corrected chi connectivity index (χ0v) is 12.8. The number of allylic oxidation sites excluding steroid dienone is 1. The molecule has 1 rings (SSSR count). The largest absolute Gasteiger partial charge is 0.476 e. The van der Waals surface area contributed by atoms with Gasteiger partial charge in [0, 0.05) is 0 Å². The predicted octanol–water partition coefficient (Wildman–Crippen LogP) is 1.78. The van der Waals surface area contributed by atoms with Gasteiger partial charge in [-0.25, -0.2) is 0 Å². The van der Waals surface area contributed by atoms with Crippen LogP contribution < -0.4 is 0 Å². The van der Waals surface area contributed by atoms with Gasteiger partial charge in [-0.1, -0.05) is 0 Å². The van der Waals surface area contributed by atoms with Crippen LogP contribution in [0.4, 0.5) is 0 Å². The van der Waals surface area contributed by atoms with Gasteiger partial charge in [0.2, 0.25) is 0 Å². The van der Waals surface area contributed by atoms with Crippen molar-refractivity contribution in [2.75, 3.05) is 13.7 Å². The second kappa shape index (κ2) is 7.97. The minimum Gasteiger partial charge on any atom is -0.476 e. The Morgan fingerprint density at radius 2 is 2.13 bits per heavy atom. The molecule has 9 nitrogen and oxygen atoms in total. The molecule has 1 aromatic heterocycles. The first-order chi connectivity index (χ1) is 10.8. The molecule has 9 heteroatoms. The number of methoxy groups -OCH3 is 1. The highest BCUT2D eigenvalue weighted by Crippen LogP contribution is 2.35. The fourth-order valence-corrected chi connectivity index (χ4v) is 2.12. The molecular weight excluding hydrogens is 310 g/mol. The van der Waals surface area contributed by atoms with E-state index in [9.17, 15) is 24.8 Å². The maximum atomic E-state index is 12.1. The standard InChI is InChI=1S/C14H17NO8/c1-4-22-13(17)10(8(2)16)11(9-6-5-7-23-9)12(15(19)20)14(18)21-3/h5-7,10-11,18H,4H2,1-3H3. The van der Waals surface area contributed by atoms with Gasteiger partial charge in [0.15, 0.2) is 0 Å². The summed E-state index contributed by atoms with van der Waals surface area (Å²) in [6.07, 6.45) is 1.23. The lowest BCUT2D eigenvalue weighted by molar-refractivity contribution is -0.437. The highest BCUT2D eigenvalue weighted by molar-refractivity contribution is 5.99. The van der Waals surface area contributed by atoms with E-state index in [2.05, 4.69) is 4.74 Å². The number of rotatable bonds is 8. The molecule has 0 aliphatic rings. The normalized spacial score (nSPS) is 14.4. The third-order valence-electron chi connectivity index (χ3n) is 3.07. The summed E-state index contributed by atoms with van der Waals surface area (Å²) in [4.78, 5) is 34.4. The molecule has 2 unspecified atom stereocenters. The number of aliphatic hydroxyl groups excluding tert-OH is 1. The van der Waals surface area contributed by atoms with Crippen LogP contribution in [0.1, 0.15) is 25.5 Å². The Kier molecular flexibility index (Phi) is 6.31. The van der Waals surface area contributed by atoms with E-state index >= 15 is 0 Å². The number of carbonyl (C=O) groups is 2. The molecule has 1 heterocycles. The Morgan fingerprint density at radius 3 is 2.52 bits per heavy atom. The lowest BCUT2D eigenvalue weighted by atomic mass is 9.84. The van der Waals surface area contributed by atoms with E-state index in [1.807, 2.05) is 0 Å². The summed E-state index contributed by atoms with van der Waals surface area (Å²) >= 11 is 0. The summed E-state index contributed by atoms with van der Waals surface area (Å²) in [5, 5.41) is 21.1. The van der Waals surface area contributed by atoms with Gasteiger partial charge in [0.1, 0.15) is 23.4 Å². The third-order valence-corrected chi connectivity index (χ3v) is 3.07. The first kappa shape index (κ1) is 18.2. The SMILES string of the molecule is CCOC(=O)C(C(C)=O)C(C(=C(O)OC)[N+](=O)[O-])c1ccco1. The summed E-state index contributed by atoms with van der Waals surface area (Å²) < 4.78 is 14.4. The van der Waals surface area contributed by atoms with Crippen LogP contribution in [0, 0.1) is 16.0 Å². The average molecular weight is 327 g/mol. The van der Waals surface area contributed by atoms with Gasteiger partial charge in [-0.15, -0.1) is 0 Å². The van der Waals surface area contributed by atoms with E-state index < -0.39 is 40.2 Å². The molecular formula is C14H17NO8. The molecule has 0 aliphatic heterocycles. The number of nitro groups is 1. The van der Waals surface area contributed by atoms with Gasteiger partial charge in [0.05, 0.1) is 24.9 Å². The second-order valence-electron chi connectivity index (χ2n) is 4.49. The van der Waals surface area contributed by atoms with Gasteiger partial charge >= 0.3 is 17.6 Å². The average Bonchev–Trinajstić information content (AvgIpc) is 2.99. The lowest BCUT2D eigenvalue weighted by Crippen LogP contribution is -2.33. The molecule has 0 fully saturated rings. The third kappa shape index (κ3) is 4.09. The van der Waals surface area contributed by atoms with Crippen molar-refractivity contribution in [2.45, 2.75) is 19.8 Å². The quantitative estimate of drug-likeness (QED) is 0.251. The van der Waals surface area contributed by atoms with Crippen molar-refractivity contribution >= 4 is 11.8 Å². The smallest absolute Gasteiger partial charge is 0.354 e. The summed E-state index contributed by atoms with van der Waals surface area (Å²) in [5.41, 5.74) is -0.865. The van der Waals surface area contributed by atoms with Crippen molar-refractivity contribution in [2.24, 2.45) is 5.92 Å². The van der Waals surface area contributed by atoms with E-state index in [4.69, 9.17) is 9.15 Å². The number of furan rings is 1. The van der Waals surface area contributed by atoms with Crippen LogP contribution in [0.3, 0.4) is 0 Å². The number of aliphatic hydroxyl groups is 1. The molecule has 0 bridgehead atoms. The highest BCUT2D eigenvalue weighted by Gasteiger charge is 2.47. The molecule has 0 aliphatic carbocycles. The van der Waals surface area contributed by atoms with Gasteiger partial charge in [-0.2, -0.15) is 0 Å². The van der Waals surface area contributed by atoms with Crippen LogP contribution in [0.15, 0.2) is 34.5 Å². The first-order valence-electron chi connectivity index (χ1n) is 6.67. The Bertz CT molecular complexity index is 604. The number of ketones is 1. The van der Waals surface area contributed by atoms with E-state index in [1.54, 1.807) is 0 Å². The Hall–Kier alpha value is -2.84. The molecule has 0 radical (unpaired) electrons. The second-order valence-corrected chi connectivity index (χ2v) is 4.49. The Morgan fingerprint density at radius 1 is 1.48 bits per heavy atom. The molecule has 0 amide bonds. The van der Waals surface area contributed by atoms with E-state index in [-0.39, 0.29) is 12.4 Å². The number of ether oxygens (including phenoxy) is 2. The minimum absolute atomic E-state index is 0.0126. The van der Waals surface area contributed by atoms with Gasteiger partial charge in [0.25, 0.3) is 0 Å². The van der Waals surface area contributed by atoms with Gasteiger partial charge in [-0.3, -0.25) is 19.7 Å². The van der Waals surface area contributed by atoms with Crippen LogP contribution in [0.2, 0.25) is 0 Å². The van der Waals surface area contributed by atoms with Crippen LogP contribution in [-0.2, 0) is 19.1 Å². The van der Waals surface area contributed by atoms with Crippen molar-refractivity contribution in [1.29, 1.82) is 0 Å². The number of esters is 1. The Balaban J connectivity index is 3.54. The fraction of sp³-hybridized carbons (Fsp3) is 0.429. The monoisotopic (exact) mass is 327 g/mol. The lowest BCUT2D eigenvalue weighted by Gasteiger charge is -2.20. The van der Waals surface area contributed by atoms with Crippen molar-refractivity contribution in [1.82, 2.24) is 0 Å². The molecule has 23 heavy (non-hydrogen) atoms. The molecule has 0 aromatic carbocycles. The number of carbonyl (C=O) groups excluding carboxylic acids is 2. The molecule has 1 N–H and O–H groups in total. The van der Waals surface area contributed by atoms with Crippen molar-refractivity contribution < 1.29 is 33.5 Å². The number of nitrogens with zero attached hydrogens (tertiary/aromatic N) is 1. The molecule has 1 aromatic rings. The number of Topliss-reactive ketones (excluding diaryl/α,β-unsaturated/α-hetero) is 1. The number of hydrogen-bond donors (Lipinski definition) is 1. The van der Waals surface area contributed by atoms with Crippen LogP contribution in [0.25, 0.3) is 0 Å². The highest BCUT2D eigenvalue weighted by atomic mass is 16.6. The maximum Gasteiger partial charge on any atom is 0.354 e. The molecule has 0 spiro atoms. The van der Waals surface area contributed by atoms with Crippen molar-refractivity contribution in [3.05, 3.63) is 45.9 Å². The molecule has 2 atom stereocenters. The molecule has 0 saturated heterocycles. The predicted molar refractivity (Wildman–Crippen MR) is 75.9 cm³/mol.